The van der Waals surface area contributed by atoms with E-state index in [0.29, 0.717) is 18.6 Å². The number of aromatic amines is 1. The lowest BCUT2D eigenvalue weighted by atomic mass is 10.1. The quantitative estimate of drug-likeness (QED) is 0.651. The van der Waals surface area contributed by atoms with Crippen LogP contribution in [0.1, 0.15) is 34.6 Å². The van der Waals surface area contributed by atoms with Crippen molar-refractivity contribution in [2.75, 3.05) is 13.2 Å². The Labute approximate surface area is 105 Å². The lowest BCUT2D eigenvalue weighted by Gasteiger charge is -2.08. The molecule has 1 fully saturated rings. The molecule has 1 aliphatic heterocycles. The van der Waals surface area contributed by atoms with Crippen LogP contribution in [-0.4, -0.2) is 36.1 Å². The SMILES string of the molecule is Cc1cc(C(=O)COC(=O)[C@@H]2CCCO2)c(C)[nH]1. The number of aryl methyl sites for hydroxylation is 2. The summed E-state index contributed by atoms with van der Waals surface area (Å²) < 4.78 is 10.2. The summed E-state index contributed by atoms with van der Waals surface area (Å²) >= 11 is 0. The van der Waals surface area contributed by atoms with E-state index in [4.69, 9.17) is 9.47 Å². The summed E-state index contributed by atoms with van der Waals surface area (Å²) in [6, 6.07) is 1.76. The topological polar surface area (TPSA) is 68.4 Å². The second-order valence-electron chi connectivity index (χ2n) is 4.52. The minimum Gasteiger partial charge on any atom is -0.455 e. The standard InChI is InChI=1S/C13H17NO4/c1-8-6-10(9(2)14-8)11(15)7-18-13(16)12-4-3-5-17-12/h6,12,14H,3-5,7H2,1-2H3/t12-/m0/s1. The summed E-state index contributed by atoms with van der Waals surface area (Å²) in [4.78, 5) is 26.5. The predicted octanol–water partition coefficient (Wildman–Crippen LogP) is 1.54. The van der Waals surface area contributed by atoms with E-state index in [9.17, 15) is 9.59 Å². The van der Waals surface area contributed by atoms with Gasteiger partial charge in [-0.15, -0.1) is 0 Å². The summed E-state index contributed by atoms with van der Waals surface area (Å²) in [5.41, 5.74) is 2.29. The molecule has 1 aliphatic rings. The van der Waals surface area contributed by atoms with Crippen LogP contribution in [0, 0.1) is 13.8 Å². The zero-order chi connectivity index (χ0) is 13.1. The molecule has 0 unspecified atom stereocenters. The van der Waals surface area contributed by atoms with E-state index in [1.54, 1.807) is 6.07 Å². The van der Waals surface area contributed by atoms with E-state index in [1.807, 2.05) is 13.8 Å². The van der Waals surface area contributed by atoms with Gasteiger partial charge in [-0.05, 0) is 32.8 Å². The number of ketones is 1. The van der Waals surface area contributed by atoms with Gasteiger partial charge in [-0.2, -0.15) is 0 Å². The Balaban J connectivity index is 1.88. The number of rotatable bonds is 4. The van der Waals surface area contributed by atoms with Crippen LogP contribution in [0.2, 0.25) is 0 Å². The van der Waals surface area contributed by atoms with Crippen LogP contribution < -0.4 is 0 Å². The minimum atomic E-state index is -0.494. The molecule has 0 aromatic carbocycles. The lowest BCUT2D eigenvalue weighted by molar-refractivity contribution is -0.153. The van der Waals surface area contributed by atoms with Gasteiger partial charge >= 0.3 is 5.97 Å². The molecule has 2 heterocycles. The van der Waals surface area contributed by atoms with E-state index < -0.39 is 12.1 Å². The van der Waals surface area contributed by atoms with Crippen molar-refractivity contribution in [2.24, 2.45) is 0 Å². The van der Waals surface area contributed by atoms with Crippen LogP contribution in [0.3, 0.4) is 0 Å². The van der Waals surface area contributed by atoms with Crippen LogP contribution in [0.15, 0.2) is 6.07 Å². The van der Waals surface area contributed by atoms with E-state index >= 15 is 0 Å². The number of hydrogen-bond acceptors (Lipinski definition) is 4. The van der Waals surface area contributed by atoms with Gasteiger partial charge in [0.25, 0.3) is 0 Å². The van der Waals surface area contributed by atoms with Crippen molar-refractivity contribution >= 4 is 11.8 Å². The second-order valence-corrected chi connectivity index (χ2v) is 4.52. The summed E-state index contributed by atoms with van der Waals surface area (Å²) in [5, 5.41) is 0. The second kappa shape index (κ2) is 5.35. The number of nitrogens with one attached hydrogen (secondary N) is 1. The molecule has 18 heavy (non-hydrogen) atoms. The summed E-state index contributed by atoms with van der Waals surface area (Å²) in [6.07, 6.45) is 1.05. The van der Waals surface area contributed by atoms with Gasteiger partial charge < -0.3 is 14.5 Å². The van der Waals surface area contributed by atoms with Gasteiger partial charge in [0.2, 0.25) is 5.78 Å². The number of carbonyl (C=O) groups excluding carboxylic acids is 2. The first-order chi connectivity index (χ1) is 8.58. The van der Waals surface area contributed by atoms with Gasteiger partial charge in [-0.1, -0.05) is 0 Å². The molecular weight excluding hydrogens is 234 g/mol. The third-order valence-corrected chi connectivity index (χ3v) is 2.99. The number of esters is 1. The first kappa shape index (κ1) is 12.8. The van der Waals surface area contributed by atoms with Crippen LogP contribution >= 0.6 is 0 Å². The Hall–Kier alpha value is -1.62. The summed E-state index contributed by atoms with van der Waals surface area (Å²) in [6.45, 7) is 4.06. The number of aromatic nitrogens is 1. The smallest absolute Gasteiger partial charge is 0.335 e. The maximum absolute atomic E-state index is 11.9. The van der Waals surface area contributed by atoms with Crippen molar-refractivity contribution in [2.45, 2.75) is 32.8 Å². The zero-order valence-electron chi connectivity index (χ0n) is 10.6. The number of carbonyl (C=O) groups is 2. The molecule has 0 amide bonds. The molecule has 0 aliphatic carbocycles. The van der Waals surface area contributed by atoms with Gasteiger partial charge in [-0.3, -0.25) is 4.79 Å². The highest BCUT2D eigenvalue weighted by Gasteiger charge is 2.26. The Bertz CT molecular complexity index is 458. The Morgan fingerprint density at radius 2 is 2.28 bits per heavy atom. The molecule has 1 N–H and O–H groups in total. The highest BCUT2D eigenvalue weighted by Crippen LogP contribution is 2.14. The third-order valence-electron chi connectivity index (χ3n) is 2.99. The molecule has 1 saturated heterocycles. The minimum absolute atomic E-state index is 0.191. The highest BCUT2D eigenvalue weighted by molar-refractivity contribution is 5.99. The highest BCUT2D eigenvalue weighted by atomic mass is 16.6. The molecule has 0 saturated carbocycles. The molecule has 1 aromatic heterocycles. The van der Waals surface area contributed by atoms with Gasteiger partial charge in [0.05, 0.1) is 0 Å². The predicted molar refractivity (Wildman–Crippen MR) is 64.5 cm³/mol. The van der Waals surface area contributed by atoms with Crippen LogP contribution in [0.5, 0.6) is 0 Å². The average Bonchev–Trinajstić information content (AvgIpc) is 2.95. The maximum Gasteiger partial charge on any atom is 0.335 e. The summed E-state index contributed by atoms with van der Waals surface area (Å²) in [7, 11) is 0. The molecule has 0 spiro atoms. The summed E-state index contributed by atoms with van der Waals surface area (Å²) in [5.74, 6) is -0.631. The normalized spacial score (nSPS) is 18.9. The van der Waals surface area contributed by atoms with Gasteiger partial charge in [-0.25, -0.2) is 4.79 Å². The van der Waals surface area contributed by atoms with Crippen LogP contribution in [-0.2, 0) is 14.3 Å². The van der Waals surface area contributed by atoms with Crippen molar-refractivity contribution in [3.63, 3.8) is 0 Å². The third kappa shape index (κ3) is 2.79. The fraction of sp³-hybridized carbons (Fsp3) is 0.538. The van der Waals surface area contributed by atoms with Crippen molar-refractivity contribution in [3.8, 4) is 0 Å². The van der Waals surface area contributed by atoms with E-state index in [1.165, 1.54) is 0 Å². The monoisotopic (exact) mass is 251 g/mol. The first-order valence-corrected chi connectivity index (χ1v) is 6.05. The van der Waals surface area contributed by atoms with E-state index in [-0.39, 0.29) is 12.4 Å². The molecule has 2 rings (SSSR count). The Kier molecular flexibility index (Phi) is 3.81. The van der Waals surface area contributed by atoms with E-state index in [2.05, 4.69) is 4.98 Å². The zero-order valence-corrected chi connectivity index (χ0v) is 10.6. The molecule has 98 valence electrons. The Morgan fingerprint density at radius 1 is 1.50 bits per heavy atom. The number of hydrogen-bond donors (Lipinski definition) is 1. The van der Waals surface area contributed by atoms with Gasteiger partial charge in [0.15, 0.2) is 12.7 Å². The molecule has 0 radical (unpaired) electrons. The molecule has 5 nitrogen and oxygen atoms in total. The van der Waals surface area contributed by atoms with Gasteiger partial charge in [0, 0.05) is 23.6 Å². The Morgan fingerprint density at radius 3 is 2.83 bits per heavy atom. The van der Waals surface area contributed by atoms with Crippen LogP contribution in [0.4, 0.5) is 0 Å². The first-order valence-electron chi connectivity index (χ1n) is 6.05. The molecule has 1 aromatic rings. The maximum atomic E-state index is 11.9. The fourth-order valence-electron chi connectivity index (χ4n) is 2.08. The number of H-pyrrole nitrogens is 1. The molecule has 5 heteroatoms. The average molecular weight is 251 g/mol. The fourth-order valence-corrected chi connectivity index (χ4v) is 2.08. The van der Waals surface area contributed by atoms with Crippen molar-refractivity contribution in [1.82, 2.24) is 4.98 Å². The largest absolute Gasteiger partial charge is 0.455 e. The lowest BCUT2D eigenvalue weighted by Crippen LogP contribution is -2.25. The van der Waals surface area contributed by atoms with Crippen LogP contribution in [0.25, 0.3) is 0 Å². The number of Topliss-reactive ketones (excluding diaryl/α,β-unsaturated/α-hetero) is 1. The van der Waals surface area contributed by atoms with E-state index in [0.717, 1.165) is 17.8 Å². The van der Waals surface area contributed by atoms with Crippen molar-refractivity contribution < 1.29 is 19.1 Å². The number of ether oxygens (including phenoxy) is 2. The molecular formula is C13H17NO4. The van der Waals surface area contributed by atoms with Crippen molar-refractivity contribution in [1.29, 1.82) is 0 Å². The van der Waals surface area contributed by atoms with Gasteiger partial charge in [0.1, 0.15) is 0 Å². The molecule has 0 bridgehead atoms. The molecule has 1 atom stereocenters. The van der Waals surface area contributed by atoms with Crippen molar-refractivity contribution in [3.05, 3.63) is 23.0 Å².